The summed E-state index contributed by atoms with van der Waals surface area (Å²) in [6, 6.07) is 10.5. The second-order valence-corrected chi connectivity index (χ2v) is 3.92. The fourth-order valence-electron chi connectivity index (χ4n) is 1.97. The molecule has 4 heteroatoms. The minimum atomic E-state index is 0.130. The van der Waals surface area contributed by atoms with Crippen LogP contribution in [0.1, 0.15) is 0 Å². The summed E-state index contributed by atoms with van der Waals surface area (Å²) in [6.07, 6.45) is 0. The van der Waals surface area contributed by atoms with E-state index < -0.39 is 0 Å². The monoisotopic (exact) mass is 260 g/mol. The first-order chi connectivity index (χ1) is 9.21. The van der Waals surface area contributed by atoms with Crippen molar-refractivity contribution in [3.8, 4) is 34.1 Å². The van der Waals surface area contributed by atoms with Gasteiger partial charge in [0.05, 0.1) is 26.9 Å². The molecule has 19 heavy (non-hydrogen) atoms. The summed E-state index contributed by atoms with van der Waals surface area (Å²) in [7, 11) is 4.73. The van der Waals surface area contributed by atoms with E-state index in [1.807, 2.05) is 0 Å². The first-order valence-corrected chi connectivity index (χ1v) is 5.79. The molecule has 0 amide bonds. The number of hydrogen-bond donors (Lipinski definition) is 1. The van der Waals surface area contributed by atoms with Crippen LogP contribution in [0.15, 0.2) is 36.4 Å². The second kappa shape index (κ2) is 5.52. The molecule has 0 unspecified atom stereocenters. The Hall–Kier alpha value is -2.36. The minimum Gasteiger partial charge on any atom is -0.507 e. The van der Waals surface area contributed by atoms with Crippen molar-refractivity contribution in [2.24, 2.45) is 0 Å². The van der Waals surface area contributed by atoms with E-state index in [9.17, 15) is 5.11 Å². The van der Waals surface area contributed by atoms with E-state index in [-0.39, 0.29) is 5.75 Å². The first kappa shape index (κ1) is 13.1. The van der Waals surface area contributed by atoms with Crippen molar-refractivity contribution in [1.29, 1.82) is 0 Å². The highest BCUT2D eigenvalue weighted by Gasteiger charge is 2.16. The molecule has 2 aromatic rings. The molecule has 0 atom stereocenters. The van der Waals surface area contributed by atoms with Gasteiger partial charge in [-0.1, -0.05) is 6.07 Å². The van der Waals surface area contributed by atoms with Crippen LogP contribution >= 0.6 is 0 Å². The number of phenolic OH excluding ortho intramolecular Hbond substituents is 1. The van der Waals surface area contributed by atoms with Crippen molar-refractivity contribution in [2.45, 2.75) is 0 Å². The zero-order valence-electron chi connectivity index (χ0n) is 11.1. The van der Waals surface area contributed by atoms with Gasteiger partial charge in [0, 0.05) is 5.56 Å². The van der Waals surface area contributed by atoms with Gasteiger partial charge in [0.15, 0.2) is 0 Å². The maximum absolute atomic E-state index is 10.1. The topological polar surface area (TPSA) is 47.9 Å². The lowest BCUT2D eigenvalue weighted by molar-refractivity contribution is 0.400. The van der Waals surface area contributed by atoms with E-state index in [2.05, 4.69) is 0 Å². The van der Waals surface area contributed by atoms with Crippen molar-refractivity contribution in [1.82, 2.24) is 0 Å². The number of ether oxygens (including phenoxy) is 3. The summed E-state index contributed by atoms with van der Waals surface area (Å²) in [5, 5.41) is 10.1. The van der Waals surface area contributed by atoms with Crippen LogP contribution < -0.4 is 14.2 Å². The highest BCUT2D eigenvalue weighted by molar-refractivity contribution is 5.81. The normalized spacial score (nSPS) is 10.1. The SMILES string of the molecule is COc1ccc(OC)c(-c2c(O)cccc2OC)c1. The quantitative estimate of drug-likeness (QED) is 0.917. The van der Waals surface area contributed by atoms with Gasteiger partial charge in [0.25, 0.3) is 0 Å². The van der Waals surface area contributed by atoms with Gasteiger partial charge in [-0.15, -0.1) is 0 Å². The molecule has 0 aliphatic rings. The second-order valence-electron chi connectivity index (χ2n) is 3.92. The Morgan fingerprint density at radius 2 is 1.58 bits per heavy atom. The third kappa shape index (κ3) is 2.42. The Morgan fingerprint density at radius 3 is 2.21 bits per heavy atom. The molecule has 0 aliphatic carbocycles. The molecule has 0 bridgehead atoms. The van der Waals surface area contributed by atoms with E-state index in [0.717, 1.165) is 5.56 Å². The van der Waals surface area contributed by atoms with Crippen molar-refractivity contribution < 1.29 is 19.3 Å². The van der Waals surface area contributed by atoms with Crippen LogP contribution in [0, 0.1) is 0 Å². The highest BCUT2D eigenvalue weighted by Crippen LogP contribution is 2.43. The largest absolute Gasteiger partial charge is 0.507 e. The fraction of sp³-hybridized carbons (Fsp3) is 0.200. The van der Waals surface area contributed by atoms with Gasteiger partial charge in [-0.05, 0) is 30.3 Å². The van der Waals surface area contributed by atoms with Crippen molar-refractivity contribution in [3.05, 3.63) is 36.4 Å². The van der Waals surface area contributed by atoms with Gasteiger partial charge in [-0.25, -0.2) is 0 Å². The Labute approximate surface area is 112 Å². The molecule has 100 valence electrons. The number of rotatable bonds is 4. The Bertz CT molecular complexity index is 578. The molecule has 2 rings (SSSR count). The molecule has 0 saturated carbocycles. The van der Waals surface area contributed by atoms with Crippen molar-refractivity contribution >= 4 is 0 Å². The zero-order chi connectivity index (χ0) is 13.8. The van der Waals surface area contributed by atoms with Crippen LogP contribution in [0.25, 0.3) is 11.1 Å². The molecule has 4 nitrogen and oxygen atoms in total. The fourth-order valence-corrected chi connectivity index (χ4v) is 1.97. The lowest BCUT2D eigenvalue weighted by Crippen LogP contribution is -1.93. The lowest BCUT2D eigenvalue weighted by atomic mass is 10.0. The van der Waals surface area contributed by atoms with Gasteiger partial charge in [0.1, 0.15) is 23.0 Å². The van der Waals surface area contributed by atoms with E-state index >= 15 is 0 Å². The van der Waals surface area contributed by atoms with E-state index in [4.69, 9.17) is 14.2 Å². The van der Waals surface area contributed by atoms with Crippen molar-refractivity contribution in [2.75, 3.05) is 21.3 Å². The molecule has 0 radical (unpaired) electrons. The maximum Gasteiger partial charge on any atom is 0.130 e. The van der Waals surface area contributed by atoms with Crippen LogP contribution in [0.4, 0.5) is 0 Å². The number of aromatic hydroxyl groups is 1. The summed E-state index contributed by atoms with van der Waals surface area (Å²) in [5.41, 5.74) is 1.30. The standard InChI is InChI=1S/C15H16O4/c1-17-10-7-8-13(18-2)11(9-10)15-12(16)5-4-6-14(15)19-3/h4-9,16H,1-3H3. The van der Waals surface area contributed by atoms with Gasteiger partial charge >= 0.3 is 0 Å². The molecule has 0 fully saturated rings. The average molecular weight is 260 g/mol. The summed E-state index contributed by atoms with van der Waals surface area (Å²) < 4.78 is 15.8. The summed E-state index contributed by atoms with van der Waals surface area (Å²) in [6.45, 7) is 0. The van der Waals surface area contributed by atoms with E-state index in [1.54, 1.807) is 57.7 Å². The van der Waals surface area contributed by atoms with Gasteiger partial charge in [-0.3, -0.25) is 0 Å². The van der Waals surface area contributed by atoms with Crippen LogP contribution in [0.5, 0.6) is 23.0 Å². The number of methoxy groups -OCH3 is 3. The summed E-state index contributed by atoms with van der Waals surface area (Å²) in [4.78, 5) is 0. The molecule has 1 N–H and O–H groups in total. The number of benzene rings is 2. The maximum atomic E-state index is 10.1. The molecule has 0 spiro atoms. The Balaban J connectivity index is 2.69. The van der Waals surface area contributed by atoms with Crippen molar-refractivity contribution in [3.63, 3.8) is 0 Å². The third-order valence-electron chi connectivity index (χ3n) is 2.90. The van der Waals surface area contributed by atoms with Gasteiger partial charge < -0.3 is 19.3 Å². The average Bonchev–Trinajstić information content (AvgIpc) is 2.46. The molecule has 0 aromatic heterocycles. The molecule has 0 saturated heterocycles. The lowest BCUT2D eigenvalue weighted by Gasteiger charge is -2.14. The third-order valence-corrected chi connectivity index (χ3v) is 2.90. The van der Waals surface area contributed by atoms with Crippen LogP contribution in [-0.2, 0) is 0 Å². The highest BCUT2D eigenvalue weighted by atomic mass is 16.5. The molecular weight excluding hydrogens is 244 g/mol. The molecular formula is C15H16O4. The predicted molar refractivity (Wildman–Crippen MR) is 73.2 cm³/mol. The zero-order valence-corrected chi connectivity index (χ0v) is 11.1. The van der Waals surface area contributed by atoms with Gasteiger partial charge in [-0.2, -0.15) is 0 Å². The Morgan fingerprint density at radius 1 is 0.842 bits per heavy atom. The van der Waals surface area contributed by atoms with Gasteiger partial charge in [0.2, 0.25) is 0 Å². The number of phenols is 1. The van der Waals surface area contributed by atoms with Crippen LogP contribution in [0.2, 0.25) is 0 Å². The van der Waals surface area contributed by atoms with E-state index in [0.29, 0.717) is 22.8 Å². The molecule has 2 aromatic carbocycles. The molecule has 0 heterocycles. The molecule has 0 aliphatic heterocycles. The Kier molecular flexibility index (Phi) is 3.80. The summed E-state index contributed by atoms with van der Waals surface area (Å²) in [5.74, 6) is 2.03. The number of hydrogen-bond acceptors (Lipinski definition) is 4. The summed E-state index contributed by atoms with van der Waals surface area (Å²) >= 11 is 0. The minimum absolute atomic E-state index is 0.130. The predicted octanol–water partition coefficient (Wildman–Crippen LogP) is 3.09. The van der Waals surface area contributed by atoms with Crippen LogP contribution in [-0.4, -0.2) is 26.4 Å². The first-order valence-electron chi connectivity index (χ1n) is 5.79. The van der Waals surface area contributed by atoms with Crippen LogP contribution in [0.3, 0.4) is 0 Å². The van der Waals surface area contributed by atoms with E-state index in [1.165, 1.54) is 0 Å². The smallest absolute Gasteiger partial charge is 0.130 e.